The number of carbonyl (C=O) groups is 2. The number of aromatic hydroxyl groups is 1. The first-order valence-corrected chi connectivity index (χ1v) is 10.5. The van der Waals surface area contributed by atoms with Crippen LogP contribution < -0.4 is 15.8 Å². The van der Waals surface area contributed by atoms with Crippen molar-refractivity contribution in [2.75, 3.05) is 25.9 Å². The highest BCUT2D eigenvalue weighted by atomic mass is 19.1. The van der Waals surface area contributed by atoms with Crippen LogP contribution in [0.15, 0.2) is 29.2 Å². The monoisotopic (exact) mass is 462 g/mol. The molecule has 4 rings (SSSR count). The Labute approximate surface area is 188 Å². The van der Waals surface area contributed by atoms with Crippen LogP contribution in [-0.4, -0.2) is 53.0 Å². The van der Waals surface area contributed by atoms with E-state index in [0.29, 0.717) is 18.9 Å². The zero-order valence-corrected chi connectivity index (χ0v) is 18.2. The van der Waals surface area contributed by atoms with Gasteiger partial charge in [0.15, 0.2) is 11.4 Å². The number of hydrogen-bond donors (Lipinski definition) is 2. The third-order valence-corrected chi connectivity index (χ3v) is 6.39. The van der Waals surface area contributed by atoms with Crippen molar-refractivity contribution < 1.29 is 28.2 Å². The Bertz CT molecular complexity index is 1180. The predicted molar refractivity (Wildman–Crippen MR) is 113 cm³/mol. The van der Waals surface area contributed by atoms with E-state index in [-0.39, 0.29) is 24.5 Å². The van der Waals surface area contributed by atoms with Crippen LogP contribution in [0.5, 0.6) is 5.75 Å². The third-order valence-electron chi connectivity index (χ3n) is 6.39. The van der Waals surface area contributed by atoms with E-state index in [9.17, 15) is 28.3 Å². The van der Waals surface area contributed by atoms with Gasteiger partial charge in [0.05, 0.1) is 0 Å². The second kappa shape index (κ2) is 8.47. The van der Waals surface area contributed by atoms with Crippen molar-refractivity contribution in [1.82, 2.24) is 14.9 Å². The fourth-order valence-corrected chi connectivity index (χ4v) is 4.64. The summed E-state index contributed by atoms with van der Waals surface area (Å²) in [5.41, 5.74) is -2.43. The van der Waals surface area contributed by atoms with Gasteiger partial charge in [-0.05, 0) is 31.7 Å². The fourth-order valence-electron chi connectivity index (χ4n) is 4.64. The number of amides is 2. The summed E-state index contributed by atoms with van der Waals surface area (Å²) in [6, 6.07) is 2.92. The number of benzene rings is 1. The van der Waals surface area contributed by atoms with E-state index >= 15 is 0 Å². The molecule has 2 aromatic rings. The van der Waals surface area contributed by atoms with Crippen LogP contribution in [-0.2, 0) is 11.3 Å². The lowest BCUT2D eigenvalue weighted by molar-refractivity contribution is 0.0211. The fraction of sp³-hybridized carbons (Fsp3) is 0.409. The largest absolute Gasteiger partial charge is 0.502 e. The summed E-state index contributed by atoms with van der Waals surface area (Å²) >= 11 is 0. The van der Waals surface area contributed by atoms with Gasteiger partial charge in [-0.15, -0.1) is 0 Å². The average molecular weight is 462 g/mol. The quantitative estimate of drug-likeness (QED) is 0.701. The minimum Gasteiger partial charge on any atom is -0.502 e. The zero-order chi connectivity index (χ0) is 23.9. The van der Waals surface area contributed by atoms with Crippen molar-refractivity contribution in [3.05, 3.63) is 63.1 Å². The van der Waals surface area contributed by atoms with Gasteiger partial charge in [0, 0.05) is 38.5 Å². The molecule has 1 aliphatic carbocycles. The molecule has 1 saturated carbocycles. The number of hydrogen-bond acceptors (Lipinski definition) is 6. The molecule has 33 heavy (non-hydrogen) atoms. The minimum absolute atomic E-state index is 0.0229. The topological polar surface area (TPSA) is 104 Å². The SMILES string of the molecule is COCN1n2cc(C(=O)NCc3ccc(F)cc3F)c(=O)c(O)c2C(=O)N(C)C12CCCC2. The lowest BCUT2D eigenvalue weighted by atomic mass is 10.0. The molecule has 9 nitrogen and oxygen atoms in total. The summed E-state index contributed by atoms with van der Waals surface area (Å²) in [5, 5.41) is 14.7. The number of carbonyl (C=O) groups excluding carboxylic acids is 2. The molecule has 2 heterocycles. The maximum Gasteiger partial charge on any atom is 0.278 e. The molecule has 11 heteroatoms. The van der Waals surface area contributed by atoms with Crippen molar-refractivity contribution in [2.45, 2.75) is 37.9 Å². The van der Waals surface area contributed by atoms with Crippen LogP contribution in [0.1, 0.15) is 52.1 Å². The van der Waals surface area contributed by atoms with Gasteiger partial charge in [-0.2, -0.15) is 0 Å². The van der Waals surface area contributed by atoms with Crippen molar-refractivity contribution in [2.24, 2.45) is 0 Å². The highest BCUT2D eigenvalue weighted by Crippen LogP contribution is 2.41. The third kappa shape index (κ3) is 3.62. The molecular weight excluding hydrogens is 438 g/mol. The van der Waals surface area contributed by atoms with E-state index in [2.05, 4.69) is 5.32 Å². The standard InChI is InChI=1S/C22H24F2N4O5/c1-26-21(32)17-19(30)18(29)15(20(31)25-10-13-5-6-14(23)9-16(13)24)11-27(17)28(12-33-2)22(26)7-3-4-8-22/h5-6,9,11,30H,3-4,7-8,10,12H2,1-2H3,(H,25,31). The maximum absolute atomic E-state index is 13.9. The molecule has 0 radical (unpaired) electrons. The Balaban J connectivity index is 1.74. The van der Waals surface area contributed by atoms with Crippen LogP contribution in [0.4, 0.5) is 8.78 Å². The summed E-state index contributed by atoms with van der Waals surface area (Å²) < 4.78 is 33.7. The van der Waals surface area contributed by atoms with E-state index in [1.54, 1.807) is 12.1 Å². The molecule has 1 aliphatic heterocycles. The summed E-state index contributed by atoms with van der Waals surface area (Å²) in [6.45, 7) is -0.269. The number of fused-ring (bicyclic) bond motifs is 1. The molecule has 176 valence electrons. The van der Waals surface area contributed by atoms with Crippen LogP contribution in [0.2, 0.25) is 0 Å². The molecule has 1 aromatic carbocycles. The maximum atomic E-state index is 13.9. The number of nitrogens with zero attached hydrogens (tertiary/aromatic N) is 3. The number of aromatic nitrogens is 1. The normalized spacial score (nSPS) is 16.9. The van der Waals surface area contributed by atoms with Gasteiger partial charge in [-0.3, -0.25) is 24.1 Å². The van der Waals surface area contributed by atoms with E-state index in [1.165, 1.54) is 28.9 Å². The number of rotatable bonds is 5. The van der Waals surface area contributed by atoms with Crippen molar-refractivity contribution >= 4 is 11.8 Å². The molecule has 2 N–H and O–H groups in total. The number of pyridine rings is 1. The van der Waals surface area contributed by atoms with Gasteiger partial charge < -0.3 is 20.1 Å². The van der Waals surface area contributed by atoms with Gasteiger partial charge in [-0.25, -0.2) is 8.78 Å². The molecular formula is C22H24F2N4O5. The highest BCUT2D eigenvalue weighted by Gasteiger charge is 2.51. The Kier molecular flexibility index (Phi) is 5.83. The van der Waals surface area contributed by atoms with E-state index in [0.717, 1.165) is 18.9 Å². The zero-order valence-electron chi connectivity index (χ0n) is 18.2. The van der Waals surface area contributed by atoms with E-state index in [1.807, 2.05) is 0 Å². The number of methoxy groups -OCH3 is 1. The molecule has 0 bridgehead atoms. The molecule has 2 amide bonds. The Hall–Kier alpha value is -3.47. The summed E-state index contributed by atoms with van der Waals surface area (Å²) in [4.78, 5) is 40.2. The molecule has 1 aromatic heterocycles. The Morgan fingerprint density at radius 2 is 1.94 bits per heavy atom. The van der Waals surface area contributed by atoms with Crippen molar-refractivity contribution in [3.8, 4) is 5.75 Å². The summed E-state index contributed by atoms with van der Waals surface area (Å²) in [7, 11) is 3.09. The average Bonchev–Trinajstić information content (AvgIpc) is 3.27. The predicted octanol–water partition coefficient (Wildman–Crippen LogP) is 1.66. The van der Waals surface area contributed by atoms with Crippen LogP contribution >= 0.6 is 0 Å². The van der Waals surface area contributed by atoms with Gasteiger partial charge in [0.2, 0.25) is 5.43 Å². The second-order valence-electron chi connectivity index (χ2n) is 8.20. The first kappa shape index (κ1) is 22.7. The smallest absolute Gasteiger partial charge is 0.278 e. The van der Waals surface area contributed by atoms with E-state index in [4.69, 9.17) is 4.74 Å². The molecule has 0 saturated heterocycles. The lowest BCUT2D eigenvalue weighted by Crippen LogP contribution is -2.68. The molecule has 0 unspecified atom stereocenters. The van der Waals surface area contributed by atoms with E-state index < -0.39 is 45.9 Å². The van der Waals surface area contributed by atoms with Crippen LogP contribution in [0, 0.1) is 11.6 Å². The Morgan fingerprint density at radius 1 is 1.24 bits per heavy atom. The summed E-state index contributed by atoms with van der Waals surface area (Å²) in [6.07, 6.45) is 4.23. The number of ether oxygens (including phenoxy) is 1. The van der Waals surface area contributed by atoms with Crippen molar-refractivity contribution in [1.29, 1.82) is 0 Å². The Morgan fingerprint density at radius 3 is 2.58 bits per heavy atom. The van der Waals surface area contributed by atoms with Crippen LogP contribution in [0.25, 0.3) is 0 Å². The first-order valence-electron chi connectivity index (χ1n) is 10.5. The molecule has 1 fully saturated rings. The minimum atomic E-state index is -1.03. The van der Waals surface area contributed by atoms with Gasteiger partial charge in [0.25, 0.3) is 11.8 Å². The van der Waals surface area contributed by atoms with Crippen molar-refractivity contribution in [3.63, 3.8) is 0 Å². The number of halogens is 2. The summed E-state index contributed by atoms with van der Waals surface area (Å²) in [5.74, 6) is -3.88. The second-order valence-corrected chi connectivity index (χ2v) is 8.20. The molecule has 2 aliphatic rings. The highest BCUT2D eigenvalue weighted by molar-refractivity contribution is 5.99. The molecule has 1 spiro atoms. The van der Waals surface area contributed by atoms with Gasteiger partial charge in [0.1, 0.15) is 29.6 Å². The van der Waals surface area contributed by atoms with Crippen LogP contribution in [0.3, 0.4) is 0 Å². The molecule has 0 atom stereocenters. The van der Waals surface area contributed by atoms with Gasteiger partial charge >= 0.3 is 0 Å². The van der Waals surface area contributed by atoms with Gasteiger partial charge in [-0.1, -0.05) is 6.07 Å². The first-order chi connectivity index (χ1) is 15.7. The number of nitrogens with one attached hydrogen (secondary N) is 1. The lowest BCUT2D eigenvalue weighted by Gasteiger charge is -2.52.